The van der Waals surface area contributed by atoms with Crippen LogP contribution in [0.2, 0.25) is 0 Å². The molecule has 1 aromatic rings. The van der Waals surface area contributed by atoms with E-state index in [9.17, 15) is 4.79 Å². The maximum atomic E-state index is 12.2. The topological polar surface area (TPSA) is 35.6 Å². The molecule has 1 saturated heterocycles. The summed E-state index contributed by atoms with van der Waals surface area (Å²) in [6, 6.07) is 9.87. The molecular weight excluding hydrogens is 334 g/mol. The first-order chi connectivity index (χ1) is 13.2. The highest BCUT2D eigenvalue weighted by molar-refractivity contribution is 5.74. The number of urea groups is 1. The number of benzene rings is 1. The van der Waals surface area contributed by atoms with Crippen LogP contribution in [0, 0.1) is 5.41 Å². The maximum absolute atomic E-state index is 12.2. The molecule has 0 unspecified atom stereocenters. The fraction of sp³-hybridized carbons (Fsp3) is 0.696. The lowest BCUT2D eigenvalue weighted by Gasteiger charge is -2.48. The van der Waals surface area contributed by atoms with Crippen molar-refractivity contribution >= 4 is 6.03 Å². The van der Waals surface area contributed by atoms with Gasteiger partial charge in [0.15, 0.2) is 0 Å². The van der Waals surface area contributed by atoms with Crippen molar-refractivity contribution in [2.45, 2.75) is 70.9 Å². The van der Waals surface area contributed by atoms with Crippen LogP contribution in [0.1, 0.15) is 63.0 Å². The van der Waals surface area contributed by atoms with Gasteiger partial charge in [-0.1, -0.05) is 31.2 Å². The molecule has 4 rings (SSSR count). The van der Waals surface area contributed by atoms with Gasteiger partial charge in [-0.15, -0.1) is 0 Å². The van der Waals surface area contributed by atoms with Gasteiger partial charge in [0.05, 0.1) is 0 Å². The highest BCUT2D eigenvalue weighted by atomic mass is 16.2. The van der Waals surface area contributed by atoms with Gasteiger partial charge in [0.1, 0.15) is 0 Å². The summed E-state index contributed by atoms with van der Waals surface area (Å²) < 4.78 is 0. The molecule has 2 heterocycles. The number of piperidine rings is 1. The fourth-order valence-corrected chi connectivity index (χ4v) is 5.44. The molecule has 2 amide bonds. The summed E-state index contributed by atoms with van der Waals surface area (Å²) in [6.07, 6.45) is 9.98. The number of hydrogen-bond acceptors (Lipinski definition) is 2. The minimum absolute atomic E-state index is 0.146. The average molecular weight is 370 g/mol. The summed E-state index contributed by atoms with van der Waals surface area (Å²) in [5, 5.41) is 3.03. The van der Waals surface area contributed by atoms with E-state index in [4.69, 9.17) is 0 Å². The second-order valence-corrected chi connectivity index (χ2v) is 8.94. The van der Waals surface area contributed by atoms with Crippen molar-refractivity contribution in [2.24, 2.45) is 5.41 Å². The first-order valence-electron chi connectivity index (χ1n) is 11.0. The van der Waals surface area contributed by atoms with Crippen molar-refractivity contribution in [2.75, 3.05) is 26.2 Å². The number of nitrogens with one attached hydrogen (secondary N) is 1. The third kappa shape index (κ3) is 4.16. The van der Waals surface area contributed by atoms with E-state index in [1.165, 1.54) is 57.1 Å². The largest absolute Gasteiger partial charge is 0.338 e. The van der Waals surface area contributed by atoms with Crippen LogP contribution in [0.4, 0.5) is 4.79 Å². The first-order valence-corrected chi connectivity index (χ1v) is 11.0. The standard InChI is InChI=1S/C23H35N3O/c1-2-14-24-22(27)25-16-12-23(13-17-25)10-7-21(8-11-23)26-15-9-19-5-3-4-6-20(19)18-26/h3-6,21H,2,7-18H2,1H3,(H,24,27). The van der Waals surface area contributed by atoms with Gasteiger partial charge < -0.3 is 10.2 Å². The quantitative estimate of drug-likeness (QED) is 0.867. The lowest BCUT2D eigenvalue weighted by Crippen LogP contribution is -2.50. The predicted octanol–water partition coefficient (Wildman–Crippen LogP) is 4.19. The monoisotopic (exact) mass is 369 g/mol. The number of carbonyl (C=O) groups is 1. The Morgan fingerprint density at radius 3 is 2.48 bits per heavy atom. The van der Waals surface area contributed by atoms with E-state index in [-0.39, 0.29) is 6.03 Å². The zero-order chi connectivity index (χ0) is 18.7. The molecule has 0 bridgehead atoms. The van der Waals surface area contributed by atoms with E-state index in [1.807, 2.05) is 4.90 Å². The van der Waals surface area contributed by atoms with E-state index in [0.29, 0.717) is 5.41 Å². The number of rotatable bonds is 3. The minimum atomic E-state index is 0.146. The number of likely N-dealkylation sites (tertiary alicyclic amines) is 1. The van der Waals surface area contributed by atoms with Crippen LogP contribution >= 0.6 is 0 Å². The fourth-order valence-electron chi connectivity index (χ4n) is 5.44. The van der Waals surface area contributed by atoms with Crippen molar-refractivity contribution in [3.8, 4) is 0 Å². The molecule has 1 aromatic carbocycles. The Balaban J connectivity index is 1.27. The Morgan fingerprint density at radius 1 is 1.07 bits per heavy atom. The van der Waals surface area contributed by atoms with Crippen molar-refractivity contribution < 1.29 is 4.79 Å². The van der Waals surface area contributed by atoms with Crippen LogP contribution in [0.5, 0.6) is 0 Å². The molecule has 27 heavy (non-hydrogen) atoms. The van der Waals surface area contributed by atoms with Gasteiger partial charge in [0.2, 0.25) is 0 Å². The van der Waals surface area contributed by atoms with E-state index >= 15 is 0 Å². The molecule has 0 atom stereocenters. The van der Waals surface area contributed by atoms with Crippen molar-refractivity contribution in [1.29, 1.82) is 0 Å². The Labute approximate surface area is 164 Å². The number of hydrogen-bond donors (Lipinski definition) is 1. The Morgan fingerprint density at radius 2 is 1.78 bits per heavy atom. The maximum Gasteiger partial charge on any atom is 0.317 e. The molecule has 2 aliphatic heterocycles. The zero-order valence-electron chi connectivity index (χ0n) is 16.9. The van der Waals surface area contributed by atoms with Gasteiger partial charge in [-0.25, -0.2) is 4.79 Å². The number of nitrogens with zero attached hydrogens (tertiary/aromatic N) is 2. The second kappa shape index (κ2) is 8.22. The van der Waals surface area contributed by atoms with E-state index in [1.54, 1.807) is 5.56 Å². The number of amides is 2. The molecule has 0 radical (unpaired) electrons. The van der Waals surface area contributed by atoms with Gasteiger partial charge in [0.25, 0.3) is 0 Å². The number of carbonyl (C=O) groups excluding carboxylic acids is 1. The van der Waals surface area contributed by atoms with Crippen LogP contribution in [0.25, 0.3) is 0 Å². The summed E-state index contributed by atoms with van der Waals surface area (Å²) in [6.45, 7) is 7.14. The van der Waals surface area contributed by atoms with Gasteiger partial charge in [-0.3, -0.25) is 4.90 Å². The van der Waals surface area contributed by atoms with Crippen LogP contribution in [-0.2, 0) is 13.0 Å². The van der Waals surface area contributed by atoms with Gasteiger partial charge in [0, 0.05) is 38.8 Å². The molecule has 1 spiro atoms. The predicted molar refractivity (Wildman–Crippen MR) is 110 cm³/mol. The summed E-state index contributed by atoms with van der Waals surface area (Å²) >= 11 is 0. The van der Waals surface area contributed by atoms with Crippen molar-refractivity contribution in [1.82, 2.24) is 15.1 Å². The highest BCUT2D eigenvalue weighted by Crippen LogP contribution is 2.46. The number of fused-ring (bicyclic) bond motifs is 1. The zero-order valence-corrected chi connectivity index (χ0v) is 16.9. The molecule has 0 aromatic heterocycles. The first kappa shape index (κ1) is 18.8. The molecule has 4 heteroatoms. The highest BCUT2D eigenvalue weighted by Gasteiger charge is 2.40. The smallest absolute Gasteiger partial charge is 0.317 e. The normalized spacial score (nSPS) is 23.2. The molecule has 2 fully saturated rings. The molecule has 1 aliphatic carbocycles. The Kier molecular flexibility index (Phi) is 5.72. The van der Waals surface area contributed by atoms with E-state index in [2.05, 4.69) is 41.4 Å². The molecular formula is C23H35N3O. The second-order valence-electron chi connectivity index (χ2n) is 8.94. The van der Waals surface area contributed by atoms with Crippen LogP contribution < -0.4 is 5.32 Å². The average Bonchev–Trinajstić information content (AvgIpc) is 2.73. The Bertz CT molecular complexity index is 641. The van der Waals surface area contributed by atoms with Crippen molar-refractivity contribution in [3.63, 3.8) is 0 Å². The molecule has 4 nitrogen and oxygen atoms in total. The van der Waals surface area contributed by atoms with Gasteiger partial charge in [-0.05, 0) is 67.9 Å². The molecule has 1 saturated carbocycles. The van der Waals surface area contributed by atoms with Crippen molar-refractivity contribution in [3.05, 3.63) is 35.4 Å². The lowest BCUT2D eigenvalue weighted by atomic mass is 9.66. The summed E-state index contributed by atoms with van der Waals surface area (Å²) in [5.41, 5.74) is 3.59. The minimum Gasteiger partial charge on any atom is -0.338 e. The summed E-state index contributed by atoms with van der Waals surface area (Å²) in [7, 11) is 0. The van der Waals surface area contributed by atoms with E-state index < -0.39 is 0 Å². The third-order valence-corrected chi connectivity index (χ3v) is 7.33. The summed E-state index contributed by atoms with van der Waals surface area (Å²) in [5.74, 6) is 0. The van der Waals surface area contributed by atoms with Crippen LogP contribution in [0.15, 0.2) is 24.3 Å². The lowest BCUT2D eigenvalue weighted by molar-refractivity contribution is 0.0375. The Hall–Kier alpha value is -1.55. The SMILES string of the molecule is CCCNC(=O)N1CCC2(CCC(N3CCc4ccccc4C3)CC2)CC1. The summed E-state index contributed by atoms with van der Waals surface area (Å²) in [4.78, 5) is 17.0. The van der Waals surface area contributed by atoms with Gasteiger partial charge in [-0.2, -0.15) is 0 Å². The molecule has 148 valence electrons. The molecule has 3 aliphatic rings. The van der Waals surface area contributed by atoms with Crippen LogP contribution in [-0.4, -0.2) is 48.1 Å². The van der Waals surface area contributed by atoms with E-state index in [0.717, 1.165) is 38.6 Å². The third-order valence-electron chi connectivity index (χ3n) is 7.33. The molecule has 1 N–H and O–H groups in total. The van der Waals surface area contributed by atoms with Crippen LogP contribution in [0.3, 0.4) is 0 Å². The van der Waals surface area contributed by atoms with Gasteiger partial charge >= 0.3 is 6.03 Å².